The third-order valence-corrected chi connectivity index (χ3v) is 2.72. The van der Waals surface area contributed by atoms with E-state index in [0.29, 0.717) is 0 Å². The molecular weight excluding hydrogens is 204 g/mol. The van der Waals surface area contributed by atoms with E-state index in [0.717, 1.165) is 36.6 Å². The fourth-order valence-electron chi connectivity index (χ4n) is 1.90. The van der Waals surface area contributed by atoms with Crippen LogP contribution in [0.25, 0.3) is 5.69 Å². The van der Waals surface area contributed by atoms with Gasteiger partial charge in [-0.05, 0) is 37.1 Å². The van der Waals surface area contributed by atoms with Crippen molar-refractivity contribution in [1.82, 2.24) is 15.0 Å². The molecule has 0 amide bonds. The smallest absolute Gasteiger partial charge is 0.153 e. The van der Waals surface area contributed by atoms with Gasteiger partial charge in [-0.15, -0.1) is 5.10 Å². The lowest BCUT2D eigenvalue weighted by Crippen LogP contribution is -2.14. The van der Waals surface area contributed by atoms with Crippen LogP contribution >= 0.6 is 0 Å². The molecule has 0 fully saturated rings. The average molecular weight is 216 g/mol. The molecule has 3 rings (SSSR count). The second kappa shape index (κ2) is 3.52. The van der Waals surface area contributed by atoms with E-state index in [-0.39, 0.29) is 5.75 Å². The van der Waals surface area contributed by atoms with Crippen molar-refractivity contribution < 1.29 is 5.11 Å². The van der Waals surface area contributed by atoms with Gasteiger partial charge in [0.1, 0.15) is 11.4 Å². The summed E-state index contributed by atoms with van der Waals surface area (Å²) in [6, 6.07) is 6.93. The van der Waals surface area contributed by atoms with Crippen LogP contribution in [0, 0.1) is 0 Å². The lowest BCUT2D eigenvalue weighted by molar-refractivity contribution is 0.475. The first kappa shape index (κ1) is 9.21. The number of nitrogens with zero attached hydrogens (tertiary/aromatic N) is 3. The van der Waals surface area contributed by atoms with Crippen molar-refractivity contribution in [3.8, 4) is 11.4 Å². The lowest BCUT2D eigenvalue weighted by Gasteiger charge is -2.14. The Kier molecular flexibility index (Phi) is 2.02. The molecule has 2 N–H and O–H groups in total. The number of aromatic hydroxyl groups is 1. The number of hydrogen-bond acceptors (Lipinski definition) is 4. The average Bonchev–Trinajstić information content (AvgIpc) is 2.74. The van der Waals surface area contributed by atoms with Crippen molar-refractivity contribution in [3.63, 3.8) is 0 Å². The van der Waals surface area contributed by atoms with Gasteiger partial charge in [0.25, 0.3) is 0 Å². The molecule has 2 aromatic rings. The molecule has 0 unspecified atom stereocenters. The van der Waals surface area contributed by atoms with Crippen molar-refractivity contribution in [2.24, 2.45) is 0 Å². The normalized spacial score (nSPS) is 14.2. The Bertz CT molecular complexity index is 503. The van der Waals surface area contributed by atoms with Crippen LogP contribution in [0.4, 0.5) is 5.82 Å². The molecule has 0 saturated heterocycles. The summed E-state index contributed by atoms with van der Waals surface area (Å²) in [7, 11) is 0. The number of hydrogen-bond donors (Lipinski definition) is 2. The highest BCUT2D eigenvalue weighted by atomic mass is 16.3. The summed E-state index contributed by atoms with van der Waals surface area (Å²) >= 11 is 0. The van der Waals surface area contributed by atoms with Crippen molar-refractivity contribution in [3.05, 3.63) is 30.0 Å². The Balaban J connectivity index is 2.06. The number of aryl methyl sites for hydroxylation is 1. The highest BCUT2D eigenvalue weighted by Crippen LogP contribution is 2.23. The Morgan fingerprint density at radius 2 is 2.06 bits per heavy atom. The second-order valence-corrected chi connectivity index (χ2v) is 3.84. The maximum atomic E-state index is 9.23. The summed E-state index contributed by atoms with van der Waals surface area (Å²) in [6.45, 7) is 0.957. The zero-order valence-electron chi connectivity index (χ0n) is 8.72. The predicted molar refractivity (Wildman–Crippen MR) is 59.8 cm³/mol. The molecule has 0 atom stereocenters. The topological polar surface area (TPSA) is 63.0 Å². The molecule has 1 aliphatic rings. The largest absolute Gasteiger partial charge is 0.508 e. The van der Waals surface area contributed by atoms with E-state index >= 15 is 0 Å². The fourth-order valence-corrected chi connectivity index (χ4v) is 1.90. The van der Waals surface area contributed by atoms with E-state index in [1.54, 1.807) is 16.8 Å². The summed E-state index contributed by atoms with van der Waals surface area (Å²) in [4.78, 5) is 0. The molecule has 0 aliphatic carbocycles. The third kappa shape index (κ3) is 1.41. The highest BCUT2D eigenvalue weighted by Gasteiger charge is 2.16. The van der Waals surface area contributed by atoms with Gasteiger partial charge in [-0.2, -0.15) is 4.68 Å². The number of aromatic nitrogens is 3. The van der Waals surface area contributed by atoms with E-state index in [9.17, 15) is 5.11 Å². The standard InChI is InChI=1S/C11H12N4O/c16-9-5-3-8(4-6-9)15-11-10(13-14-15)2-1-7-12-11/h3-6,12,16H,1-2,7H2. The number of fused-ring (bicyclic) bond motifs is 1. The molecule has 2 heterocycles. The molecule has 0 spiro atoms. The van der Waals surface area contributed by atoms with Crippen molar-refractivity contribution in [2.45, 2.75) is 12.8 Å². The molecule has 1 aliphatic heterocycles. The maximum absolute atomic E-state index is 9.23. The predicted octanol–water partition coefficient (Wildman–Crippen LogP) is 1.33. The molecule has 0 radical (unpaired) electrons. The molecule has 5 heteroatoms. The van der Waals surface area contributed by atoms with E-state index < -0.39 is 0 Å². The minimum Gasteiger partial charge on any atom is -0.508 e. The summed E-state index contributed by atoms with van der Waals surface area (Å²) in [5.41, 5.74) is 1.92. The maximum Gasteiger partial charge on any atom is 0.153 e. The van der Waals surface area contributed by atoms with Gasteiger partial charge in [0.15, 0.2) is 5.82 Å². The molecule has 0 saturated carbocycles. The first-order valence-corrected chi connectivity index (χ1v) is 5.32. The van der Waals surface area contributed by atoms with E-state index in [1.165, 1.54) is 0 Å². The van der Waals surface area contributed by atoms with Crippen molar-refractivity contribution in [2.75, 3.05) is 11.9 Å². The quantitative estimate of drug-likeness (QED) is 0.755. The van der Waals surface area contributed by atoms with Crippen LogP contribution in [0.2, 0.25) is 0 Å². The zero-order valence-corrected chi connectivity index (χ0v) is 8.72. The molecule has 0 bridgehead atoms. The zero-order chi connectivity index (χ0) is 11.0. The second-order valence-electron chi connectivity index (χ2n) is 3.84. The summed E-state index contributed by atoms with van der Waals surface area (Å²) in [5, 5.41) is 20.8. The van der Waals surface area contributed by atoms with Gasteiger partial charge in [0.05, 0.1) is 5.69 Å². The number of benzene rings is 1. The van der Waals surface area contributed by atoms with Gasteiger partial charge in [-0.1, -0.05) is 5.21 Å². The van der Waals surface area contributed by atoms with Crippen molar-refractivity contribution >= 4 is 5.82 Å². The first-order valence-electron chi connectivity index (χ1n) is 5.32. The van der Waals surface area contributed by atoms with Gasteiger partial charge >= 0.3 is 0 Å². The minimum absolute atomic E-state index is 0.255. The van der Waals surface area contributed by atoms with Crippen LogP contribution in [0.3, 0.4) is 0 Å². The molecule has 1 aromatic carbocycles. The van der Waals surface area contributed by atoms with Crippen LogP contribution in [-0.2, 0) is 6.42 Å². The number of nitrogens with one attached hydrogen (secondary N) is 1. The van der Waals surface area contributed by atoms with Crippen LogP contribution < -0.4 is 5.32 Å². The van der Waals surface area contributed by atoms with E-state index in [1.807, 2.05) is 12.1 Å². The van der Waals surface area contributed by atoms with Crippen LogP contribution in [0.15, 0.2) is 24.3 Å². The monoisotopic (exact) mass is 216 g/mol. The Hall–Kier alpha value is -2.04. The summed E-state index contributed by atoms with van der Waals surface area (Å²) in [5.74, 6) is 1.22. The Morgan fingerprint density at radius 3 is 2.88 bits per heavy atom. The Labute approximate surface area is 92.7 Å². The van der Waals surface area contributed by atoms with Gasteiger partial charge in [0, 0.05) is 6.54 Å². The van der Waals surface area contributed by atoms with Crippen molar-refractivity contribution in [1.29, 1.82) is 0 Å². The Morgan fingerprint density at radius 1 is 1.25 bits per heavy atom. The van der Waals surface area contributed by atoms with Crippen LogP contribution in [0.5, 0.6) is 5.75 Å². The minimum atomic E-state index is 0.255. The first-order chi connectivity index (χ1) is 7.84. The number of phenolic OH excluding ortho intramolecular Hbond substituents is 1. The molecular formula is C11H12N4O. The number of rotatable bonds is 1. The number of anilines is 1. The molecule has 82 valence electrons. The van der Waals surface area contributed by atoms with E-state index in [4.69, 9.17) is 0 Å². The van der Waals surface area contributed by atoms with Gasteiger partial charge in [-0.25, -0.2) is 0 Å². The highest BCUT2D eigenvalue weighted by molar-refractivity contribution is 5.50. The fraction of sp³-hybridized carbons (Fsp3) is 0.273. The SMILES string of the molecule is Oc1ccc(-n2nnc3c2NCCC3)cc1. The third-order valence-electron chi connectivity index (χ3n) is 2.72. The van der Waals surface area contributed by atoms with Gasteiger partial charge < -0.3 is 10.4 Å². The van der Waals surface area contributed by atoms with Gasteiger partial charge in [-0.3, -0.25) is 0 Å². The lowest BCUT2D eigenvalue weighted by atomic mass is 10.2. The number of phenols is 1. The molecule has 5 nitrogen and oxygen atoms in total. The van der Waals surface area contributed by atoms with E-state index in [2.05, 4.69) is 15.6 Å². The molecule has 1 aromatic heterocycles. The summed E-state index contributed by atoms with van der Waals surface area (Å²) < 4.78 is 1.77. The van der Waals surface area contributed by atoms with Gasteiger partial charge in [0.2, 0.25) is 0 Å². The molecule has 16 heavy (non-hydrogen) atoms. The summed E-state index contributed by atoms with van der Waals surface area (Å²) in [6.07, 6.45) is 2.07. The van der Waals surface area contributed by atoms with Crippen LogP contribution in [0.1, 0.15) is 12.1 Å². The van der Waals surface area contributed by atoms with Crippen LogP contribution in [-0.4, -0.2) is 26.6 Å².